The van der Waals surface area contributed by atoms with E-state index < -0.39 is 0 Å². The van der Waals surface area contributed by atoms with Gasteiger partial charge in [-0.3, -0.25) is 4.79 Å². The Kier molecular flexibility index (Phi) is 4.21. The summed E-state index contributed by atoms with van der Waals surface area (Å²) in [5, 5.41) is 0. The summed E-state index contributed by atoms with van der Waals surface area (Å²) < 4.78 is 1.64. The Morgan fingerprint density at radius 2 is 1.92 bits per heavy atom. The molecule has 0 aliphatic rings. The third-order valence-electron chi connectivity index (χ3n) is 1.46. The molecule has 0 aliphatic carbocycles. The van der Waals surface area contributed by atoms with Crippen LogP contribution in [0.15, 0.2) is 28.7 Å². The number of ketones is 1. The number of carbonyl (C=O) groups excluding carboxylic acids is 1. The number of benzene rings is 1. The van der Waals surface area contributed by atoms with Crippen molar-refractivity contribution in [1.82, 2.24) is 0 Å². The molecule has 0 saturated heterocycles. The minimum Gasteiger partial charge on any atom is -0.298 e. The highest BCUT2D eigenvalue weighted by atomic mass is 127. The Bertz CT molecular complexity index is 268. The molecule has 0 saturated carbocycles. The first-order valence-corrected chi connectivity index (χ1v) is 5.86. The molecule has 0 spiro atoms. The first kappa shape index (κ1) is 10.2. The van der Waals surface area contributed by atoms with Crippen LogP contribution >= 0.6 is 38.5 Å². The minimum absolute atomic E-state index is 0.276. The molecular weight excluding hydrogens is 331 g/mol. The van der Waals surface area contributed by atoms with Crippen LogP contribution in [-0.2, 0) is 11.2 Å². The molecule has 0 radical (unpaired) electrons. The lowest BCUT2D eigenvalue weighted by molar-refractivity contribution is -0.115. The van der Waals surface area contributed by atoms with Crippen LogP contribution in [0.25, 0.3) is 0 Å². The standard InChI is InChI=1S/C9H8BrIO/c10-8-3-1-7(2-4-8)5-9(12)6-11/h1-4H,5-6H2. The van der Waals surface area contributed by atoms with Gasteiger partial charge in [0.05, 0.1) is 4.43 Å². The molecule has 0 aliphatic heterocycles. The Morgan fingerprint density at radius 3 is 2.42 bits per heavy atom. The zero-order valence-corrected chi connectivity index (χ0v) is 10.1. The molecule has 0 amide bonds. The van der Waals surface area contributed by atoms with Gasteiger partial charge in [-0.15, -0.1) is 0 Å². The van der Waals surface area contributed by atoms with E-state index in [0.29, 0.717) is 10.8 Å². The second kappa shape index (κ2) is 4.97. The van der Waals surface area contributed by atoms with Gasteiger partial charge in [0, 0.05) is 10.9 Å². The maximum Gasteiger partial charge on any atom is 0.146 e. The maximum absolute atomic E-state index is 11.0. The first-order chi connectivity index (χ1) is 5.72. The molecule has 1 aromatic rings. The molecule has 0 atom stereocenters. The fourth-order valence-corrected chi connectivity index (χ4v) is 1.41. The van der Waals surface area contributed by atoms with E-state index in [1.54, 1.807) is 0 Å². The number of hydrogen-bond acceptors (Lipinski definition) is 1. The highest BCUT2D eigenvalue weighted by Gasteiger charge is 2.00. The Balaban J connectivity index is 2.64. The summed E-state index contributed by atoms with van der Waals surface area (Å²) in [6.45, 7) is 0. The first-order valence-electron chi connectivity index (χ1n) is 3.54. The summed E-state index contributed by atoms with van der Waals surface area (Å²) in [6, 6.07) is 7.84. The van der Waals surface area contributed by atoms with Crippen molar-refractivity contribution in [1.29, 1.82) is 0 Å². The van der Waals surface area contributed by atoms with E-state index in [2.05, 4.69) is 38.5 Å². The number of Topliss-reactive ketones (excluding diaryl/α,β-unsaturated/α-hetero) is 1. The molecule has 0 unspecified atom stereocenters. The topological polar surface area (TPSA) is 17.1 Å². The molecule has 0 heterocycles. The summed E-state index contributed by atoms with van der Waals surface area (Å²) in [6.07, 6.45) is 0.552. The number of alkyl halides is 1. The van der Waals surface area contributed by atoms with Crippen molar-refractivity contribution in [3.8, 4) is 0 Å². The zero-order valence-electron chi connectivity index (χ0n) is 6.39. The van der Waals surface area contributed by atoms with E-state index >= 15 is 0 Å². The highest BCUT2D eigenvalue weighted by molar-refractivity contribution is 14.1. The van der Waals surface area contributed by atoms with Crippen LogP contribution < -0.4 is 0 Å². The van der Waals surface area contributed by atoms with Crippen LogP contribution in [-0.4, -0.2) is 10.2 Å². The van der Waals surface area contributed by atoms with Gasteiger partial charge in [-0.05, 0) is 17.7 Å². The molecule has 3 heteroatoms. The molecule has 1 aromatic carbocycles. The van der Waals surface area contributed by atoms with E-state index in [1.165, 1.54) is 0 Å². The Hall–Kier alpha value is 0.1000. The predicted octanol–water partition coefficient (Wildman–Crippen LogP) is 3.00. The van der Waals surface area contributed by atoms with Crippen molar-refractivity contribution in [2.24, 2.45) is 0 Å². The predicted molar refractivity (Wildman–Crippen MR) is 61.7 cm³/mol. The van der Waals surface area contributed by atoms with Gasteiger partial charge in [-0.25, -0.2) is 0 Å². The molecule has 0 fully saturated rings. The lowest BCUT2D eigenvalue weighted by atomic mass is 10.1. The number of carbonyl (C=O) groups is 1. The number of hydrogen-bond donors (Lipinski definition) is 0. The zero-order chi connectivity index (χ0) is 8.97. The maximum atomic E-state index is 11.0. The largest absolute Gasteiger partial charge is 0.298 e. The van der Waals surface area contributed by atoms with Crippen LogP contribution in [0.1, 0.15) is 5.56 Å². The van der Waals surface area contributed by atoms with E-state index in [0.717, 1.165) is 10.0 Å². The molecule has 1 nitrogen and oxygen atoms in total. The van der Waals surface area contributed by atoms with Gasteiger partial charge in [0.2, 0.25) is 0 Å². The molecule has 0 aromatic heterocycles. The third-order valence-corrected chi connectivity index (χ3v) is 2.84. The van der Waals surface area contributed by atoms with Gasteiger partial charge in [0.15, 0.2) is 0 Å². The molecule has 64 valence electrons. The lowest BCUT2D eigenvalue weighted by Crippen LogP contribution is -2.02. The molecular formula is C9H8BrIO. The van der Waals surface area contributed by atoms with E-state index in [4.69, 9.17) is 0 Å². The Labute approximate surface area is 93.8 Å². The van der Waals surface area contributed by atoms with Crippen LogP contribution in [0.2, 0.25) is 0 Å². The summed E-state index contributed by atoms with van der Waals surface area (Å²) in [4.78, 5) is 11.0. The summed E-state index contributed by atoms with van der Waals surface area (Å²) in [5.41, 5.74) is 1.08. The molecule has 0 N–H and O–H groups in total. The van der Waals surface area contributed by atoms with Crippen LogP contribution in [0.3, 0.4) is 0 Å². The molecule has 1 rings (SSSR count). The molecule has 12 heavy (non-hydrogen) atoms. The van der Waals surface area contributed by atoms with Gasteiger partial charge in [0.25, 0.3) is 0 Å². The third kappa shape index (κ3) is 3.23. The van der Waals surface area contributed by atoms with Crippen LogP contribution in [0.4, 0.5) is 0 Å². The number of halogens is 2. The van der Waals surface area contributed by atoms with Crippen LogP contribution in [0, 0.1) is 0 Å². The summed E-state index contributed by atoms with van der Waals surface area (Å²) in [7, 11) is 0. The Morgan fingerprint density at radius 1 is 1.33 bits per heavy atom. The summed E-state index contributed by atoms with van der Waals surface area (Å²) in [5.74, 6) is 0.276. The number of rotatable bonds is 3. The van der Waals surface area contributed by atoms with Crippen molar-refractivity contribution in [2.75, 3.05) is 4.43 Å². The quantitative estimate of drug-likeness (QED) is 0.611. The van der Waals surface area contributed by atoms with Crippen LogP contribution in [0.5, 0.6) is 0 Å². The van der Waals surface area contributed by atoms with E-state index in [1.807, 2.05) is 24.3 Å². The fraction of sp³-hybridized carbons (Fsp3) is 0.222. The van der Waals surface area contributed by atoms with Gasteiger partial charge in [-0.2, -0.15) is 0 Å². The van der Waals surface area contributed by atoms with Crippen molar-refractivity contribution < 1.29 is 4.79 Å². The van der Waals surface area contributed by atoms with Crippen molar-refractivity contribution in [2.45, 2.75) is 6.42 Å². The van der Waals surface area contributed by atoms with Crippen molar-refractivity contribution in [3.63, 3.8) is 0 Å². The monoisotopic (exact) mass is 338 g/mol. The smallest absolute Gasteiger partial charge is 0.146 e. The normalized spacial score (nSPS) is 9.83. The van der Waals surface area contributed by atoms with Gasteiger partial charge in [0.1, 0.15) is 5.78 Å². The van der Waals surface area contributed by atoms with E-state index in [-0.39, 0.29) is 5.78 Å². The van der Waals surface area contributed by atoms with Gasteiger partial charge in [-0.1, -0.05) is 50.7 Å². The van der Waals surface area contributed by atoms with Gasteiger partial charge < -0.3 is 0 Å². The van der Waals surface area contributed by atoms with E-state index in [9.17, 15) is 4.79 Å². The van der Waals surface area contributed by atoms with Gasteiger partial charge >= 0.3 is 0 Å². The highest BCUT2D eigenvalue weighted by Crippen LogP contribution is 2.11. The lowest BCUT2D eigenvalue weighted by Gasteiger charge is -1.97. The SMILES string of the molecule is O=C(CI)Cc1ccc(Br)cc1. The minimum atomic E-state index is 0.276. The average molecular weight is 339 g/mol. The average Bonchev–Trinajstić information content (AvgIpc) is 2.09. The fourth-order valence-electron chi connectivity index (χ4n) is 0.877. The van der Waals surface area contributed by atoms with Crippen molar-refractivity contribution in [3.05, 3.63) is 34.3 Å². The second-order valence-corrected chi connectivity index (χ2v) is 4.15. The second-order valence-electron chi connectivity index (χ2n) is 2.48. The summed E-state index contributed by atoms with van der Waals surface area (Å²) >= 11 is 5.43. The van der Waals surface area contributed by atoms with Crippen molar-refractivity contribution >= 4 is 44.3 Å². The molecule has 0 bridgehead atoms.